The smallest absolute Gasteiger partial charge is 0.284 e. The average Bonchev–Trinajstić information content (AvgIpc) is 3.18. The second-order valence-corrected chi connectivity index (χ2v) is 11.2. The zero-order valence-electron chi connectivity index (χ0n) is 18.9. The van der Waals surface area contributed by atoms with Gasteiger partial charge in [0.1, 0.15) is 27.8 Å². The predicted molar refractivity (Wildman–Crippen MR) is 128 cm³/mol. The van der Waals surface area contributed by atoms with Gasteiger partial charge in [-0.05, 0) is 28.5 Å². The minimum atomic E-state index is -4.07. The van der Waals surface area contributed by atoms with Crippen LogP contribution in [0.4, 0.5) is 4.39 Å². The quantitative estimate of drug-likeness (QED) is 0.589. The maximum atomic E-state index is 13.7. The van der Waals surface area contributed by atoms with E-state index in [9.17, 15) is 22.7 Å². The van der Waals surface area contributed by atoms with Gasteiger partial charge in [-0.25, -0.2) is 4.39 Å². The predicted octanol–water partition coefficient (Wildman–Crippen LogP) is 4.74. The number of amides is 1. The number of aliphatic hydroxyl groups is 1. The van der Waals surface area contributed by atoms with Crippen molar-refractivity contribution in [3.05, 3.63) is 88.9 Å². The molecule has 5 rings (SSSR count). The minimum absolute atomic E-state index is 0.0398. The van der Waals surface area contributed by atoms with Crippen molar-refractivity contribution < 1.29 is 22.7 Å². The molecule has 3 aromatic rings. The highest BCUT2D eigenvalue weighted by molar-refractivity contribution is 7.91. The molecule has 8 heteroatoms. The van der Waals surface area contributed by atoms with E-state index in [0.29, 0.717) is 16.5 Å². The third kappa shape index (κ3) is 3.40. The van der Waals surface area contributed by atoms with Crippen LogP contribution in [0.15, 0.2) is 81.3 Å². The molecule has 3 aromatic carbocycles. The van der Waals surface area contributed by atoms with Gasteiger partial charge in [0, 0.05) is 17.5 Å². The fraction of sp³-hybridized carbons (Fsp3) is 0.231. The molecule has 1 amide bonds. The number of carbonyl (C=O) groups excluding carboxylic acids is 1. The lowest BCUT2D eigenvalue weighted by molar-refractivity contribution is -0.129. The summed E-state index contributed by atoms with van der Waals surface area (Å²) >= 11 is 0. The SMILES string of the molecule is CC(C)(C)[C@H]1C(O)=C(C2=NS(=O)(=O)c3c2ccc2ccccc32)C(=O)N1Cc1ccc(F)cc1. The Hall–Kier alpha value is -3.52. The molecule has 2 aliphatic rings. The van der Waals surface area contributed by atoms with Gasteiger partial charge in [-0.2, -0.15) is 12.8 Å². The van der Waals surface area contributed by atoms with Crippen molar-refractivity contribution in [1.82, 2.24) is 4.90 Å². The number of hydrogen-bond acceptors (Lipinski definition) is 4. The normalized spacial score (nSPS) is 19.6. The van der Waals surface area contributed by atoms with Crippen molar-refractivity contribution in [3.63, 3.8) is 0 Å². The summed E-state index contributed by atoms with van der Waals surface area (Å²) in [5.41, 5.74) is 0.264. The lowest BCUT2D eigenvalue weighted by atomic mass is 9.84. The minimum Gasteiger partial charge on any atom is -0.509 e. The lowest BCUT2D eigenvalue weighted by Crippen LogP contribution is -2.43. The number of sulfonamides is 1. The van der Waals surface area contributed by atoms with Crippen LogP contribution in [0.1, 0.15) is 31.9 Å². The number of aliphatic hydroxyl groups excluding tert-OH is 1. The molecule has 0 spiro atoms. The first-order valence-corrected chi connectivity index (χ1v) is 12.3. The van der Waals surface area contributed by atoms with Gasteiger partial charge < -0.3 is 10.0 Å². The van der Waals surface area contributed by atoms with Crippen molar-refractivity contribution in [2.45, 2.75) is 38.3 Å². The van der Waals surface area contributed by atoms with E-state index in [0.717, 1.165) is 5.39 Å². The molecule has 0 saturated heterocycles. The summed E-state index contributed by atoms with van der Waals surface area (Å²) in [6.07, 6.45) is 0. The van der Waals surface area contributed by atoms with Crippen LogP contribution >= 0.6 is 0 Å². The van der Waals surface area contributed by atoms with Gasteiger partial charge in [0.2, 0.25) is 0 Å². The summed E-state index contributed by atoms with van der Waals surface area (Å²) in [5.74, 6) is -1.12. The van der Waals surface area contributed by atoms with Crippen molar-refractivity contribution in [1.29, 1.82) is 0 Å². The fourth-order valence-corrected chi connectivity index (χ4v) is 6.24. The maximum Gasteiger partial charge on any atom is 0.284 e. The van der Waals surface area contributed by atoms with Gasteiger partial charge >= 0.3 is 0 Å². The fourth-order valence-electron chi connectivity index (χ4n) is 4.81. The van der Waals surface area contributed by atoms with E-state index in [1.54, 1.807) is 42.5 Å². The molecule has 6 nitrogen and oxygen atoms in total. The molecule has 174 valence electrons. The Balaban J connectivity index is 1.65. The third-order valence-corrected chi connectivity index (χ3v) is 7.61. The number of benzene rings is 3. The summed E-state index contributed by atoms with van der Waals surface area (Å²) in [4.78, 5) is 15.2. The summed E-state index contributed by atoms with van der Waals surface area (Å²) in [5, 5.41) is 12.6. The molecule has 2 aliphatic heterocycles. The molecule has 1 N–H and O–H groups in total. The maximum absolute atomic E-state index is 13.7. The van der Waals surface area contributed by atoms with Gasteiger partial charge in [0.25, 0.3) is 15.9 Å². The van der Waals surface area contributed by atoms with Crippen LogP contribution in [0.5, 0.6) is 0 Å². The molecule has 0 fully saturated rings. The Morgan fingerprint density at radius 2 is 1.71 bits per heavy atom. The van der Waals surface area contributed by atoms with Crippen molar-refractivity contribution in [2.75, 3.05) is 0 Å². The summed E-state index contributed by atoms with van der Waals surface area (Å²) in [6, 6.07) is 15.5. The first kappa shape index (κ1) is 22.3. The molecular formula is C26H23FN2O4S. The molecule has 0 saturated carbocycles. The Bertz CT molecular complexity index is 1520. The second kappa shape index (κ2) is 7.50. The number of carbonyl (C=O) groups is 1. The van der Waals surface area contributed by atoms with Gasteiger partial charge in [-0.1, -0.05) is 69.3 Å². The third-order valence-electron chi connectivity index (χ3n) is 6.23. The number of nitrogens with zero attached hydrogens (tertiary/aromatic N) is 2. The number of halogens is 1. The van der Waals surface area contributed by atoms with Gasteiger partial charge in [0.15, 0.2) is 0 Å². The van der Waals surface area contributed by atoms with Crippen molar-refractivity contribution >= 4 is 32.4 Å². The van der Waals surface area contributed by atoms with E-state index >= 15 is 0 Å². The topological polar surface area (TPSA) is 87.0 Å². The van der Waals surface area contributed by atoms with Crippen LogP contribution in [0.2, 0.25) is 0 Å². The van der Waals surface area contributed by atoms with Crippen LogP contribution in [0.3, 0.4) is 0 Å². The van der Waals surface area contributed by atoms with Crippen LogP contribution in [-0.2, 0) is 21.4 Å². The number of hydrogen-bond donors (Lipinski definition) is 1. The molecule has 34 heavy (non-hydrogen) atoms. The van der Waals surface area contributed by atoms with Crippen LogP contribution < -0.4 is 0 Å². The van der Waals surface area contributed by atoms with E-state index in [2.05, 4.69) is 4.40 Å². The highest BCUT2D eigenvalue weighted by Gasteiger charge is 2.49. The number of fused-ring (bicyclic) bond motifs is 3. The molecule has 0 aromatic heterocycles. The van der Waals surface area contributed by atoms with Crippen molar-refractivity contribution in [2.24, 2.45) is 9.81 Å². The average molecular weight is 479 g/mol. The summed E-state index contributed by atoms with van der Waals surface area (Å²) in [7, 11) is -4.07. The Labute approximate surface area is 197 Å². The zero-order valence-corrected chi connectivity index (χ0v) is 19.7. The van der Waals surface area contributed by atoms with Crippen LogP contribution in [0, 0.1) is 11.2 Å². The van der Waals surface area contributed by atoms with Crippen LogP contribution in [0.25, 0.3) is 10.8 Å². The molecule has 0 radical (unpaired) electrons. The van der Waals surface area contributed by atoms with Gasteiger partial charge in [-0.15, -0.1) is 0 Å². The lowest BCUT2D eigenvalue weighted by Gasteiger charge is -2.35. The van der Waals surface area contributed by atoms with Gasteiger partial charge in [-0.3, -0.25) is 4.79 Å². The van der Waals surface area contributed by atoms with E-state index < -0.39 is 27.4 Å². The standard InChI is InChI=1S/C26H23FN2O4S/c1-26(2,3)24-22(30)20(25(31)29(24)14-15-8-11-17(27)12-9-15)21-19-13-10-16-6-4-5-7-18(16)23(19)34(32,33)28-21/h4-13,24,30H,14H2,1-3H3/t24-/m1/s1. The molecule has 0 unspecified atom stereocenters. The Kier molecular flexibility index (Phi) is 4.91. The second-order valence-electron chi connectivity index (χ2n) is 9.67. The highest BCUT2D eigenvalue weighted by Crippen LogP contribution is 2.42. The highest BCUT2D eigenvalue weighted by atomic mass is 32.2. The molecular weight excluding hydrogens is 455 g/mol. The zero-order chi connectivity index (χ0) is 24.4. The summed E-state index contributed by atoms with van der Waals surface area (Å²) in [6.45, 7) is 5.78. The van der Waals surface area contributed by atoms with E-state index in [4.69, 9.17) is 0 Å². The summed E-state index contributed by atoms with van der Waals surface area (Å²) < 4.78 is 43.5. The van der Waals surface area contributed by atoms with E-state index in [1.807, 2.05) is 26.8 Å². The van der Waals surface area contributed by atoms with Crippen molar-refractivity contribution in [3.8, 4) is 0 Å². The Morgan fingerprint density at radius 1 is 1.03 bits per heavy atom. The van der Waals surface area contributed by atoms with E-state index in [-0.39, 0.29) is 34.3 Å². The van der Waals surface area contributed by atoms with E-state index in [1.165, 1.54) is 17.0 Å². The molecule has 1 atom stereocenters. The number of rotatable bonds is 3. The van der Waals surface area contributed by atoms with Gasteiger partial charge in [0.05, 0.1) is 6.04 Å². The largest absolute Gasteiger partial charge is 0.509 e. The Morgan fingerprint density at radius 3 is 2.38 bits per heavy atom. The monoisotopic (exact) mass is 478 g/mol. The molecule has 0 bridgehead atoms. The molecule has 0 aliphatic carbocycles. The first-order chi connectivity index (χ1) is 16.0. The van der Waals surface area contributed by atoms with Crippen LogP contribution in [-0.4, -0.2) is 36.1 Å². The molecule has 2 heterocycles. The first-order valence-electron chi connectivity index (χ1n) is 10.8.